The summed E-state index contributed by atoms with van der Waals surface area (Å²) in [7, 11) is 1.62. The van der Waals surface area contributed by atoms with E-state index in [-0.39, 0.29) is 36.6 Å². The van der Waals surface area contributed by atoms with Crippen LogP contribution in [0.3, 0.4) is 0 Å². The molecule has 0 aliphatic carbocycles. The first-order valence-corrected chi connectivity index (χ1v) is 7.58. The van der Waals surface area contributed by atoms with Crippen molar-refractivity contribution in [3.05, 3.63) is 71.3 Å². The minimum Gasteiger partial charge on any atom is -0.352 e. The number of rotatable bonds is 4. The predicted molar refractivity (Wildman–Crippen MR) is 105 cm³/mol. The maximum absolute atomic E-state index is 12.7. The zero-order valence-electron chi connectivity index (χ0n) is 14.0. The van der Waals surface area contributed by atoms with Crippen molar-refractivity contribution in [2.24, 2.45) is 4.99 Å². The highest BCUT2D eigenvalue weighted by molar-refractivity contribution is 14.0. The van der Waals surface area contributed by atoms with Crippen LogP contribution in [0.25, 0.3) is 0 Å². The van der Waals surface area contributed by atoms with E-state index in [9.17, 15) is 13.2 Å². The fourth-order valence-electron chi connectivity index (χ4n) is 2.27. The van der Waals surface area contributed by atoms with Gasteiger partial charge >= 0.3 is 6.18 Å². The van der Waals surface area contributed by atoms with Gasteiger partial charge in [0, 0.05) is 13.6 Å². The number of nitrogens with one attached hydrogen (secondary N) is 2. The molecule has 1 unspecified atom stereocenters. The molecule has 0 aliphatic heterocycles. The number of hydrogen-bond acceptors (Lipinski definition) is 1. The summed E-state index contributed by atoms with van der Waals surface area (Å²) in [6.45, 7) is 2.25. The topological polar surface area (TPSA) is 36.4 Å². The summed E-state index contributed by atoms with van der Waals surface area (Å²) >= 11 is 0. The normalized spacial score (nSPS) is 12.9. The standard InChI is InChI=1S/C18H20F3N3.HI/c1-13(15-8-4-3-5-9-15)24-17(22-2)23-12-14-7-6-10-16(11-14)18(19,20)21;/h3-11,13H,12H2,1-2H3,(H2,22,23,24);1H. The van der Waals surface area contributed by atoms with E-state index in [2.05, 4.69) is 15.6 Å². The monoisotopic (exact) mass is 463 g/mol. The van der Waals surface area contributed by atoms with E-state index >= 15 is 0 Å². The Kier molecular flexibility index (Phi) is 8.21. The molecule has 0 saturated heterocycles. The Bertz CT molecular complexity index is 687. The van der Waals surface area contributed by atoms with Gasteiger partial charge in [-0.05, 0) is 30.2 Å². The molecule has 7 heteroatoms. The Morgan fingerprint density at radius 3 is 2.36 bits per heavy atom. The number of halogens is 4. The molecular formula is C18H21F3IN3. The number of benzene rings is 2. The van der Waals surface area contributed by atoms with Crippen molar-refractivity contribution >= 4 is 29.9 Å². The van der Waals surface area contributed by atoms with Crippen LogP contribution < -0.4 is 10.6 Å². The molecule has 0 radical (unpaired) electrons. The average Bonchev–Trinajstić information content (AvgIpc) is 2.58. The summed E-state index contributed by atoms with van der Waals surface area (Å²) in [4.78, 5) is 4.11. The van der Waals surface area contributed by atoms with Crippen molar-refractivity contribution in [3.63, 3.8) is 0 Å². The molecule has 0 aromatic heterocycles. The van der Waals surface area contributed by atoms with Crippen LogP contribution in [0.2, 0.25) is 0 Å². The molecular weight excluding hydrogens is 442 g/mol. The smallest absolute Gasteiger partial charge is 0.352 e. The summed E-state index contributed by atoms with van der Waals surface area (Å²) in [5.74, 6) is 0.531. The Labute approximate surface area is 162 Å². The molecule has 136 valence electrons. The maximum Gasteiger partial charge on any atom is 0.416 e. The highest BCUT2D eigenvalue weighted by Crippen LogP contribution is 2.29. The van der Waals surface area contributed by atoms with E-state index in [0.29, 0.717) is 11.5 Å². The number of hydrogen-bond donors (Lipinski definition) is 2. The van der Waals surface area contributed by atoms with Crippen LogP contribution in [-0.4, -0.2) is 13.0 Å². The zero-order valence-corrected chi connectivity index (χ0v) is 16.3. The highest BCUT2D eigenvalue weighted by Gasteiger charge is 2.30. The Hall–Kier alpha value is -1.77. The maximum atomic E-state index is 12.7. The summed E-state index contributed by atoms with van der Waals surface area (Å²) in [6, 6.07) is 15.1. The third-order valence-electron chi connectivity index (χ3n) is 3.59. The van der Waals surface area contributed by atoms with Gasteiger partial charge in [-0.3, -0.25) is 4.99 Å². The first-order chi connectivity index (χ1) is 11.4. The minimum atomic E-state index is -4.34. The van der Waals surface area contributed by atoms with Gasteiger partial charge in [0.1, 0.15) is 0 Å². The Balaban J connectivity index is 0.00000312. The van der Waals surface area contributed by atoms with E-state index in [1.165, 1.54) is 6.07 Å². The lowest BCUT2D eigenvalue weighted by Gasteiger charge is -2.18. The summed E-state index contributed by atoms with van der Waals surface area (Å²) < 4.78 is 38.2. The van der Waals surface area contributed by atoms with Gasteiger partial charge in [-0.15, -0.1) is 24.0 Å². The minimum absolute atomic E-state index is 0. The van der Waals surface area contributed by atoms with Crippen LogP contribution >= 0.6 is 24.0 Å². The average molecular weight is 463 g/mol. The SMILES string of the molecule is CN=C(NCc1cccc(C(F)(F)F)c1)NC(C)c1ccccc1.I. The van der Waals surface area contributed by atoms with E-state index in [1.807, 2.05) is 37.3 Å². The zero-order chi connectivity index (χ0) is 17.6. The van der Waals surface area contributed by atoms with Crippen LogP contribution in [0, 0.1) is 0 Å². The molecule has 3 nitrogen and oxygen atoms in total. The van der Waals surface area contributed by atoms with Gasteiger partial charge in [-0.1, -0.05) is 42.5 Å². The molecule has 0 saturated carbocycles. The van der Waals surface area contributed by atoms with Crippen molar-refractivity contribution in [1.82, 2.24) is 10.6 Å². The third kappa shape index (κ3) is 6.56. The van der Waals surface area contributed by atoms with Gasteiger partial charge in [0.05, 0.1) is 11.6 Å². The summed E-state index contributed by atoms with van der Waals surface area (Å²) in [6.07, 6.45) is -4.34. The van der Waals surface area contributed by atoms with E-state index in [4.69, 9.17) is 0 Å². The molecule has 2 rings (SSSR count). The van der Waals surface area contributed by atoms with Gasteiger partial charge < -0.3 is 10.6 Å². The molecule has 0 spiro atoms. The number of aliphatic imine (C=N–C) groups is 1. The van der Waals surface area contributed by atoms with Crippen LogP contribution in [0.5, 0.6) is 0 Å². The van der Waals surface area contributed by atoms with Gasteiger partial charge in [-0.25, -0.2) is 0 Å². The second-order valence-electron chi connectivity index (χ2n) is 5.40. The fraction of sp³-hybridized carbons (Fsp3) is 0.278. The van der Waals surface area contributed by atoms with Crippen molar-refractivity contribution in [2.45, 2.75) is 25.7 Å². The lowest BCUT2D eigenvalue weighted by molar-refractivity contribution is -0.137. The Morgan fingerprint density at radius 1 is 1.08 bits per heavy atom. The molecule has 2 N–H and O–H groups in total. The first-order valence-electron chi connectivity index (χ1n) is 7.58. The molecule has 25 heavy (non-hydrogen) atoms. The molecule has 0 heterocycles. The predicted octanol–water partition coefficient (Wildman–Crippen LogP) is 4.75. The van der Waals surface area contributed by atoms with Crippen molar-refractivity contribution in [2.75, 3.05) is 7.05 Å². The Morgan fingerprint density at radius 2 is 1.76 bits per heavy atom. The van der Waals surface area contributed by atoms with Crippen LogP contribution in [-0.2, 0) is 12.7 Å². The molecule has 0 amide bonds. The molecule has 0 bridgehead atoms. The number of nitrogens with zero attached hydrogens (tertiary/aromatic N) is 1. The first kappa shape index (κ1) is 21.3. The van der Waals surface area contributed by atoms with Gasteiger partial charge in [-0.2, -0.15) is 13.2 Å². The second kappa shape index (κ2) is 9.65. The second-order valence-corrected chi connectivity index (χ2v) is 5.40. The summed E-state index contributed by atoms with van der Waals surface area (Å²) in [5, 5.41) is 6.25. The molecule has 2 aromatic carbocycles. The van der Waals surface area contributed by atoms with Crippen molar-refractivity contribution in [1.29, 1.82) is 0 Å². The molecule has 2 aromatic rings. The molecule has 0 aliphatic rings. The summed E-state index contributed by atoms with van der Waals surface area (Å²) in [5.41, 5.74) is 0.988. The van der Waals surface area contributed by atoms with E-state index in [0.717, 1.165) is 17.7 Å². The lowest BCUT2D eigenvalue weighted by atomic mass is 10.1. The van der Waals surface area contributed by atoms with Crippen LogP contribution in [0.15, 0.2) is 59.6 Å². The number of guanidine groups is 1. The van der Waals surface area contributed by atoms with Gasteiger partial charge in [0.2, 0.25) is 0 Å². The number of alkyl halides is 3. The van der Waals surface area contributed by atoms with Gasteiger partial charge in [0.25, 0.3) is 0 Å². The fourth-order valence-corrected chi connectivity index (χ4v) is 2.27. The van der Waals surface area contributed by atoms with E-state index < -0.39 is 11.7 Å². The molecule has 1 atom stereocenters. The highest BCUT2D eigenvalue weighted by atomic mass is 127. The van der Waals surface area contributed by atoms with Crippen LogP contribution in [0.1, 0.15) is 29.7 Å². The van der Waals surface area contributed by atoms with Crippen LogP contribution in [0.4, 0.5) is 13.2 Å². The van der Waals surface area contributed by atoms with Gasteiger partial charge in [0.15, 0.2) is 5.96 Å². The van der Waals surface area contributed by atoms with Crippen molar-refractivity contribution < 1.29 is 13.2 Å². The largest absolute Gasteiger partial charge is 0.416 e. The molecule has 0 fully saturated rings. The van der Waals surface area contributed by atoms with Crippen molar-refractivity contribution in [3.8, 4) is 0 Å². The lowest BCUT2D eigenvalue weighted by Crippen LogP contribution is -2.38. The van der Waals surface area contributed by atoms with E-state index in [1.54, 1.807) is 13.1 Å². The third-order valence-corrected chi connectivity index (χ3v) is 3.59. The quantitative estimate of drug-likeness (QED) is 0.390.